The van der Waals surface area contributed by atoms with Crippen molar-refractivity contribution in [1.82, 2.24) is 10.2 Å². The molecule has 4 N–H and O–H groups in total. The third kappa shape index (κ3) is 3.91. The minimum absolute atomic E-state index is 0.0488. The van der Waals surface area contributed by atoms with Crippen LogP contribution in [0.5, 0.6) is 0 Å². The molecule has 1 amide bonds. The number of carbonyl (C=O) groups excluding carboxylic acids is 1. The van der Waals surface area contributed by atoms with Crippen LogP contribution >= 0.6 is 0 Å². The second-order valence-corrected chi connectivity index (χ2v) is 4.09. The standard InChI is InChI=1S/C10H14N2O7/c13-7-3-5(9(16)17)11-1-2-12(7)6(10(18)19)4-8(14)15/h5-6,11H,1-4H2,(H,14,15)(H,16,17)(H,18,19). The van der Waals surface area contributed by atoms with Crippen molar-refractivity contribution >= 4 is 23.8 Å². The first-order valence-corrected chi connectivity index (χ1v) is 5.53. The molecule has 9 heteroatoms. The first-order valence-electron chi connectivity index (χ1n) is 5.53. The number of carbonyl (C=O) groups is 4. The van der Waals surface area contributed by atoms with Gasteiger partial charge in [0.15, 0.2) is 0 Å². The number of hydrogen-bond donors (Lipinski definition) is 4. The van der Waals surface area contributed by atoms with Gasteiger partial charge in [-0.05, 0) is 0 Å². The van der Waals surface area contributed by atoms with E-state index >= 15 is 0 Å². The van der Waals surface area contributed by atoms with Crippen molar-refractivity contribution in [3.8, 4) is 0 Å². The van der Waals surface area contributed by atoms with E-state index in [-0.39, 0.29) is 13.1 Å². The topological polar surface area (TPSA) is 144 Å². The molecule has 0 bridgehead atoms. The number of carboxylic acid groups (broad SMARTS) is 3. The Kier molecular flexibility index (Phi) is 4.81. The predicted octanol–water partition coefficient (Wildman–Crippen LogP) is -1.81. The van der Waals surface area contributed by atoms with E-state index in [1.807, 2.05) is 0 Å². The van der Waals surface area contributed by atoms with Crippen LogP contribution in [0.3, 0.4) is 0 Å². The molecule has 2 unspecified atom stereocenters. The Hall–Kier alpha value is -2.16. The SMILES string of the molecule is O=C(O)CC(C(=O)O)N1CCNC(C(=O)O)CC1=O. The lowest BCUT2D eigenvalue weighted by Gasteiger charge is -2.26. The first-order chi connectivity index (χ1) is 8.82. The van der Waals surface area contributed by atoms with Crippen molar-refractivity contribution in [2.75, 3.05) is 13.1 Å². The van der Waals surface area contributed by atoms with Gasteiger partial charge in [-0.2, -0.15) is 0 Å². The van der Waals surface area contributed by atoms with Crippen LogP contribution in [0.25, 0.3) is 0 Å². The fraction of sp³-hybridized carbons (Fsp3) is 0.600. The largest absolute Gasteiger partial charge is 0.481 e. The number of aliphatic carboxylic acids is 3. The average molecular weight is 274 g/mol. The summed E-state index contributed by atoms with van der Waals surface area (Å²) in [5, 5.41) is 29.0. The van der Waals surface area contributed by atoms with E-state index in [1.54, 1.807) is 0 Å². The van der Waals surface area contributed by atoms with Gasteiger partial charge < -0.3 is 25.5 Å². The van der Waals surface area contributed by atoms with Gasteiger partial charge in [0.1, 0.15) is 12.1 Å². The van der Waals surface area contributed by atoms with Crippen LogP contribution in [-0.4, -0.2) is 69.2 Å². The molecule has 1 saturated heterocycles. The molecule has 1 aliphatic heterocycles. The van der Waals surface area contributed by atoms with E-state index in [0.29, 0.717) is 0 Å². The van der Waals surface area contributed by atoms with Gasteiger partial charge in [-0.15, -0.1) is 0 Å². The monoisotopic (exact) mass is 274 g/mol. The quantitative estimate of drug-likeness (QED) is 0.459. The van der Waals surface area contributed by atoms with Crippen molar-refractivity contribution < 1.29 is 34.5 Å². The average Bonchev–Trinajstić information content (AvgIpc) is 2.47. The minimum Gasteiger partial charge on any atom is -0.481 e. The number of nitrogens with one attached hydrogen (secondary N) is 1. The molecule has 2 atom stereocenters. The Balaban J connectivity index is 2.85. The Morgan fingerprint density at radius 1 is 1.32 bits per heavy atom. The molecule has 0 aliphatic carbocycles. The van der Waals surface area contributed by atoms with Crippen molar-refractivity contribution in [3.63, 3.8) is 0 Å². The van der Waals surface area contributed by atoms with E-state index in [0.717, 1.165) is 4.90 Å². The Morgan fingerprint density at radius 3 is 2.42 bits per heavy atom. The fourth-order valence-corrected chi connectivity index (χ4v) is 1.85. The lowest BCUT2D eigenvalue weighted by molar-refractivity contribution is -0.154. The molecular weight excluding hydrogens is 260 g/mol. The Morgan fingerprint density at radius 2 is 1.95 bits per heavy atom. The number of rotatable bonds is 5. The molecule has 1 rings (SSSR count). The van der Waals surface area contributed by atoms with E-state index in [1.165, 1.54) is 0 Å². The zero-order valence-corrected chi connectivity index (χ0v) is 9.90. The van der Waals surface area contributed by atoms with Crippen LogP contribution in [0, 0.1) is 0 Å². The molecule has 0 aromatic carbocycles. The summed E-state index contributed by atoms with van der Waals surface area (Å²) in [6.45, 7) is 0.0406. The molecule has 19 heavy (non-hydrogen) atoms. The molecule has 1 aliphatic rings. The third-order valence-corrected chi connectivity index (χ3v) is 2.77. The molecule has 0 radical (unpaired) electrons. The molecule has 0 aromatic rings. The van der Waals surface area contributed by atoms with Crippen LogP contribution in [0.2, 0.25) is 0 Å². The highest BCUT2D eigenvalue weighted by molar-refractivity contribution is 5.89. The second-order valence-electron chi connectivity index (χ2n) is 4.09. The highest BCUT2D eigenvalue weighted by Gasteiger charge is 2.35. The van der Waals surface area contributed by atoms with Gasteiger partial charge in [0, 0.05) is 13.1 Å². The first kappa shape index (κ1) is 14.9. The van der Waals surface area contributed by atoms with Crippen LogP contribution in [-0.2, 0) is 19.2 Å². The van der Waals surface area contributed by atoms with E-state index in [4.69, 9.17) is 15.3 Å². The summed E-state index contributed by atoms with van der Waals surface area (Å²) in [5.41, 5.74) is 0. The van der Waals surface area contributed by atoms with Gasteiger partial charge in [0.25, 0.3) is 0 Å². The normalized spacial score (nSPS) is 21.6. The van der Waals surface area contributed by atoms with E-state index < -0.39 is 48.7 Å². The van der Waals surface area contributed by atoms with Gasteiger partial charge >= 0.3 is 17.9 Å². The molecule has 0 spiro atoms. The van der Waals surface area contributed by atoms with Crippen LogP contribution in [0.4, 0.5) is 0 Å². The molecule has 106 valence electrons. The molecule has 9 nitrogen and oxygen atoms in total. The maximum absolute atomic E-state index is 11.8. The second kappa shape index (κ2) is 6.14. The lowest BCUT2D eigenvalue weighted by Crippen LogP contribution is -2.47. The van der Waals surface area contributed by atoms with Crippen LogP contribution < -0.4 is 5.32 Å². The van der Waals surface area contributed by atoms with Gasteiger partial charge in [-0.25, -0.2) is 4.79 Å². The van der Waals surface area contributed by atoms with Gasteiger partial charge in [-0.3, -0.25) is 14.4 Å². The summed E-state index contributed by atoms with van der Waals surface area (Å²) in [5.74, 6) is -4.66. The molecule has 0 saturated carbocycles. The minimum atomic E-state index is -1.49. The Labute approximate surface area is 107 Å². The number of hydrogen-bond acceptors (Lipinski definition) is 5. The number of amides is 1. The summed E-state index contributed by atoms with van der Waals surface area (Å²) in [4.78, 5) is 45.1. The number of nitrogens with zero attached hydrogens (tertiary/aromatic N) is 1. The zero-order chi connectivity index (χ0) is 14.6. The van der Waals surface area contributed by atoms with Crippen molar-refractivity contribution in [2.24, 2.45) is 0 Å². The fourth-order valence-electron chi connectivity index (χ4n) is 1.85. The molecule has 0 aromatic heterocycles. The maximum atomic E-state index is 11.8. The van der Waals surface area contributed by atoms with Crippen LogP contribution in [0.15, 0.2) is 0 Å². The van der Waals surface area contributed by atoms with Crippen molar-refractivity contribution in [2.45, 2.75) is 24.9 Å². The van der Waals surface area contributed by atoms with Gasteiger partial charge in [0.05, 0.1) is 12.8 Å². The predicted molar refractivity (Wildman–Crippen MR) is 59.4 cm³/mol. The summed E-state index contributed by atoms with van der Waals surface area (Å²) >= 11 is 0. The van der Waals surface area contributed by atoms with Gasteiger partial charge in [-0.1, -0.05) is 0 Å². The van der Waals surface area contributed by atoms with Gasteiger partial charge in [0.2, 0.25) is 5.91 Å². The maximum Gasteiger partial charge on any atom is 0.327 e. The highest BCUT2D eigenvalue weighted by Crippen LogP contribution is 2.11. The van der Waals surface area contributed by atoms with Crippen molar-refractivity contribution in [3.05, 3.63) is 0 Å². The summed E-state index contributed by atoms with van der Waals surface area (Å²) in [6.07, 6.45) is -1.13. The molecular formula is C10H14N2O7. The zero-order valence-electron chi connectivity index (χ0n) is 9.90. The van der Waals surface area contributed by atoms with E-state index in [9.17, 15) is 19.2 Å². The van der Waals surface area contributed by atoms with E-state index in [2.05, 4.69) is 5.32 Å². The molecule has 1 heterocycles. The third-order valence-electron chi connectivity index (χ3n) is 2.77. The van der Waals surface area contributed by atoms with Crippen LogP contribution in [0.1, 0.15) is 12.8 Å². The van der Waals surface area contributed by atoms with Crippen molar-refractivity contribution in [1.29, 1.82) is 0 Å². The summed E-state index contributed by atoms with van der Waals surface area (Å²) in [6, 6.07) is -2.57. The summed E-state index contributed by atoms with van der Waals surface area (Å²) in [7, 11) is 0. The lowest BCUT2D eigenvalue weighted by atomic mass is 10.1. The highest BCUT2D eigenvalue weighted by atomic mass is 16.4. The smallest absolute Gasteiger partial charge is 0.327 e. The Bertz CT molecular complexity index is 409. The molecule has 1 fully saturated rings. The summed E-state index contributed by atoms with van der Waals surface area (Å²) < 4.78 is 0. The number of carboxylic acids is 3.